The lowest BCUT2D eigenvalue weighted by atomic mass is 9.63. The highest BCUT2D eigenvalue weighted by molar-refractivity contribution is 14.2. The first kappa shape index (κ1) is 33.8. The number of benzene rings is 6. The molecule has 2 aliphatic heterocycles. The van der Waals surface area contributed by atoms with Crippen LogP contribution in [0.15, 0.2) is 185 Å². The maximum Gasteiger partial charge on any atom is 0.308 e. The van der Waals surface area contributed by atoms with Crippen molar-refractivity contribution in [2.75, 3.05) is 0 Å². The number of hydrogen-bond acceptors (Lipinski definition) is 3. The molecule has 0 saturated heterocycles. The summed E-state index contributed by atoms with van der Waals surface area (Å²) in [4.78, 5) is 14.0. The minimum absolute atomic E-state index is 0.401. The third kappa shape index (κ3) is 5.26. The van der Waals surface area contributed by atoms with Crippen molar-refractivity contribution >= 4 is 56.9 Å². The van der Waals surface area contributed by atoms with Gasteiger partial charge in [-0.15, -0.1) is 0 Å². The number of aromatic amines is 1. The van der Waals surface area contributed by atoms with Crippen LogP contribution in [0.2, 0.25) is 0 Å². The van der Waals surface area contributed by atoms with Crippen LogP contribution in [-0.2, 0) is 5.41 Å². The molecule has 6 aromatic carbocycles. The monoisotopic (exact) mass is 858 g/mol. The topological polar surface area (TPSA) is 49.2 Å². The number of allylic oxidation sites excluding steroid dienone is 10. The number of aromatic nitrogens is 3. The Morgan fingerprint density at radius 3 is 2.21 bits per heavy atom. The van der Waals surface area contributed by atoms with Crippen LogP contribution < -0.4 is 9.72 Å². The van der Waals surface area contributed by atoms with Crippen LogP contribution in [0.5, 0.6) is 5.75 Å². The Labute approximate surface area is 347 Å². The second-order valence-corrected chi connectivity index (χ2v) is 18.0. The molecule has 1 aromatic heterocycles. The number of ether oxygens (including phenoxy) is 1. The zero-order valence-electron chi connectivity index (χ0n) is 31.7. The van der Waals surface area contributed by atoms with Crippen molar-refractivity contribution in [2.24, 2.45) is 0 Å². The van der Waals surface area contributed by atoms with Gasteiger partial charge in [0.1, 0.15) is 11.5 Å². The van der Waals surface area contributed by atoms with E-state index in [2.05, 4.69) is 155 Å². The minimum atomic E-state index is -0.458. The largest absolute Gasteiger partial charge is 0.457 e. The third-order valence-electron chi connectivity index (χ3n) is 12.3. The van der Waals surface area contributed by atoms with E-state index in [0.29, 0.717) is 5.82 Å². The summed E-state index contributed by atoms with van der Waals surface area (Å²) < 4.78 is 10.8. The number of H-pyrrole nitrogens is 1. The summed E-state index contributed by atoms with van der Waals surface area (Å²) >= 11 is -0.401. The Morgan fingerprint density at radius 2 is 1.36 bits per heavy atom. The van der Waals surface area contributed by atoms with Crippen LogP contribution in [0.4, 0.5) is 0 Å². The fourth-order valence-electron chi connectivity index (χ4n) is 9.61. The van der Waals surface area contributed by atoms with E-state index in [-0.39, 0.29) is 0 Å². The first-order chi connectivity index (χ1) is 28.7. The molecule has 0 saturated carbocycles. The summed E-state index contributed by atoms with van der Waals surface area (Å²) in [5.74, 6) is 4.11. The van der Waals surface area contributed by atoms with Gasteiger partial charge >= 0.3 is 5.82 Å². The highest BCUT2D eigenvalue weighted by atomic mass is 127. The highest BCUT2D eigenvalue weighted by Crippen LogP contribution is 2.63. The first-order valence-electron chi connectivity index (χ1n) is 20.1. The smallest absolute Gasteiger partial charge is 0.308 e. The van der Waals surface area contributed by atoms with Crippen LogP contribution in [0.25, 0.3) is 55.5 Å². The molecular weight excluding hydrogens is 822 g/mol. The van der Waals surface area contributed by atoms with Crippen molar-refractivity contribution in [3.05, 3.63) is 213 Å². The quantitative estimate of drug-likeness (QED) is 0.166. The summed E-state index contributed by atoms with van der Waals surface area (Å²) in [6, 6.07) is 46.1. The van der Waals surface area contributed by atoms with E-state index in [1.807, 2.05) is 18.2 Å². The van der Waals surface area contributed by atoms with Crippen molar-refractivity contribution in [1.82, 2.24) is 9.97 Å². The average Bonchev–Trinajstić information content (AvgIpc) is 3.57. The van der Waals surface area contributed by atoms with E-state index < -0.39 is 26.1 Å². The van der Waals surface area contributed by atoms with E-state index in [0.717, 1.165) is 65.5 Å². The number of fused-ring (bicyclic) bond motifs is 10. The molecule has 3 aliphatic carbocycles. The van der Waals surface area contributed by atoms with E-state index in [4.69, 9.17) is 14.7 Å². The summed E-state index contributed by atoms with van der Waals surface area (Å²) in [6.07, 6.45) is 18.1. The molecule has 276 valence electrons. The van der Waals surface area contributed by atoms with Gasteiger partial charge in [0.15, 0.2) is 0 Å². The van der Waals surface area contributed by atoms with Gasteiger partial charge in [0.25, 0.3) is 11.6 Å². The van der Waals surface area contributed by atoms with Gasteiger partial charge < -0.3 is 4.74 Å². The predicted molar refractivity (Wildman–Crippen MR) is 245 cm³/mol. The van der Waals surface area contributed by atoms with Gasteiger partial charge in [0, 0.05) is 14.6 Å². The Balaban J connectivity index is 1.01. The molecule has 1 unspecified atom stereocenters. The standard InChI is InChI=1S/C53H36IN3O/c1-2-13-34(14-3-1)50-55-51(57-52(56-50)40-25-27-47(54-32-40)38-23-22-33-12-4-5-15-35(33)28-38)39-24-26-45-49(31-39)58-48-21-11-10-20-44(48)53(45)43-19-9-8-18-41(43)42-29-36-16-6-7-17-37(36)30-46(42)53/h1-7,9,12-17,19-32H,8,10-11,18H2/p+1. The van der Waals surface area contributed by atoms with Gasteiger partial charge in [-0.05, 0) is 140 Å². The van der Waals surface area contributed by atoms with Crippen molar-refractivity contribution in [3.63, 3.8) is 0 Å². The molecule has 0 fully saturated rings. The molecule has 7 aromatic rings. The van der Waals surface area contributed by atoms with Crippen molar-refractivity contribution in [2.45, 2.75) is 31.1 Å². The zero-order valence-corrected chi connectivity index (χ0v) is 33.8. The molecule has 1 N–H and O–H groups in total. The minimum Gasteiger partial charge on any atom is -0.457 e. The SMILES string of the molecule is C1=CC2=C(CC1)c1cc3ccccc3cc1C21C2=CCCC=C2Oc2cc(-c3nc(-c4ccccc4)nc(C4=CI=C(c5ccc6ccccc6c5)C=C4)[nH+]3)ccc21. The number of rotatable bonds is 4. The zero-order chi connectivity index (χ0) is 38.2. The molecule has 58 heavy (non-hydrogen) atoms. The third-order valence-corrected chi connectivity index (χ3v) is 14.9. The van der Waals surface area contributed by atoms with E-state index in [1.165, 1.54) is 64.0 Å². The normalized spacial score (nSPS) is 19.0. The number of hydrogen-bond donors (Lipinski definition) is 0. The van der Waals surface area contributed by atoms with Gasteiger partial charge in [-0.1, -0.05) is 134 Å². The summed E-state index contributed by atoms with van der Waals surface area (Å²) in [5.41, 5.74) is 11.9. The van der Waals surface area contributed by atoms with Crippen LogP contribution in [0.1, 0.15) is 53.8 Å². The Bertz CT molecular complexity index is 3150. The van der Waals surface area contributed by atoms with E-state index >= 15 is 0 Å². The molecule has 0 amide bonds. The molecule has 1 atom stereocenters. The first-order valence-corrected chi connectivity index (χ1v) is 22.5. The molecule has 0 radical (unpaired) electrons. The lowest BCUT2D eigenvalue weighted by molar-refractivity contribution is -0.377. The Hall–Kier alpha value is -6.31. The number of nitrogens with zero attached hydrogens (tertiary/aromatic N) is 2. The van der Waals surface area contributed by atoms with Gasteiger partial charge in [-0.25, -0.2) is 4.98 Å². The average molecular weight is 859 g/mol. The molecule has 4 nitrogen and oxygen atoms in total. The van der Waals surface area contributed by atoms with Crippen molar-refractivity contribution in [3.8, 4) is 28.5 Å². The maximum atomic E-state index is 6.98. The van der Waals surface area contributed by atoms with E-state index in [9.17, 15) is 0 Å². The second-order valence-electron chi connectivity index (χ2n) is 15.6. The van der Waals surface area contributed by atoms with Crippen molar-refractivity contribution < 1.29 is 9.72 Å². The van der Waals surface area contributed by atoms with Gasteiger partial charge in [0.05, 0.1) is 22.1 Å². The molecule has 1 spiro atoms. The van der Waals surface area contributed by atoms with Crippen molar-refractivity contribution in [1.29, 1.82) is 0 Å². The Kier molecular flexibility index (Phi) is 7.80. The predicted octanol–water partition coefficient (Wildman–Crippen LogP) is 12.4. The fraction of sp³-hybridized carbons (Fsp3) is 0.0943. The Morgan fingerprint density at radius 1 is 0.603 bits per heavy atom. The van der Waals surface area contributed by atoms with Gasteiger partial charge in [-0.3, -0.25) is 0 Å². The van der Waals surface area contributed by atoms with Crippen LogP contribution >= 0.6 is 20.7 Å². The number of nitrogens with one attached hydrogen (secondary N) is 1. The number of halogens is 1. The second kappa shape index (κ2) is 13.4. The summed E-state index contributed by atoms with van der Waals surface area (Å²) in [5, 5.41) is 5.09. The maximum absolute atomic E-state index is 6.98. The summed E-state index contributed by atoms with van der Waals surface area (Å²) in [7, 11) is 0. The molecule has 12 rings (SSSR count). The molecular formula is C53H37IN3O+. The lowest BCUT2D eigenvalue weighted by Gasteiger charge is -2.43. The molecule has 5 heteroatoms. The van der Waals surface area contributed by atoms with Crippen LogP contribution in [-0.4, -0.2) is 13.5 Å². The lowest BCUT2D eigenvalue weighted by Crippen LogP contribution is -2.37. The van der Waals surface area contributed by atoms with E-state index in [1.54, 1.807) is 0 Å². The van der Waals surface area contributed by atoms with Gasteiger partial charge in [-0.2, -0.15) is 0 Å². The fourth-order valence-corrected chi connectivity index (χ4v) is 11.9. The molecule has 5 aliphatic rings. The van der Waals surface area contributed by atoms with Crippen LogP contribution in [0, 0.1) is 0 Å². The van der Waals surface area contributed by atoms with Gasteiger partial charge in [0.2, 0.25) is 0 Å². The molecule has 3 heterocycles. The summed E-state index contributed by atoms with van der Waals surface area (Å²) in [6.45, 7) is 0. The van der Waals surface area contributed by atoms with Crippen LogP contribution in [0.3, 0.4) is 0 Å². The molecule has 0 bridgehead atoms. The highest BCUT2D eigenvalue weighted by Gasteiger charge is 2.53.